The van der Waals surface area contributed by atoms with Crippen LogP contribution in [-0.2, 0) is 13.1 Å². The van der Waals surface area contributed by atoms with Crippen molar-refractivity contribution in [2.45, 2.75) is 13.1 Å². The van der Waals surface area contributed by atoms with Gasteiger partial charge >= 0.3 is 0 Å². The molecule has 6 nitrogen and oxygen atoms in total. The van der Waals surface area contributed by atoms with E-state index in [0.29, 0.717) is 12.1 Å². The van der Waals surface area contributed by atoms with Crippen molar-refractivity contribution in [1.29, 1.82) is 0 Å². The smallest absolute Gasteiger partial charge is 0.248 e. The van der Waals surface area contributed by atoms with Gasteiger partial charge in [-0.2, -0.15) is 0 Å². The van der Waals surface area contributed by atoms with Crippen LogP contribution in [0.15, 0.2) is 42.5 Å². The third kappa shape index (κ3) is 2.27. The molecule has 0 saturated carbocycles. The van der Waals surface area contributed by atoms with Gasteiger partial charge in [-0.15, -0.1) is 0 Å². The van der Waals surface area contributed by atoms with E-state index in [1.165, 1.54) is 0 Å². The number of nitrogens with zero attached hydrogens (tertiary/aromatic N) is 3. The van der Waals surface area contributed by atoms with E-state index >= 15 is 0 Å². The van der Waals surface area contributed by atoms with Crippen LogP contribution in [0, 0.1) is 0 Å². The summed E-state index contributed by atoms with van der Waals surface area (Å²) >= 11 is 0. The van der Waals surface area contributed by atoms with Gasteiger partial charge in [-0.25, -0.2) is 4.98 Å². The first-order chi connectivity index (χ1) is 11.7. The average molecular weight is 322 g/mol. The molecule has 0 bridgehead atoms. The van der Waals surface area contributed by atoms with Gasteiger partial charge in [0.25, 0.3) is 0 Å². The van der Waals surface area contributed by atoms with Crippen molar-refractivity contribution in [2.24, 2.45) is 5.73 Å². The predicted octanol–water partition coefficient (Wildman–Crippen LogP) is 2.16. The van der Waals surface area contributed by atoms with Crippen molar-refractivity contribution >= 4 is 22.6 Å². The summed E-state index contributed by atoms with van der Waals surface area (Å²) in [4.78, 5) is 18.3. The molecule has 1 amide bonds. The zero-order valence-electron chi connectivity index (χ0n) is 13.4. The molecule has 0 radical (unpaired) electrons. The lowest BCUT2D eigenvalue weighted by molar-refractivity contribution is 0.100. The Morgan fingerprint density at radius 3 is 2.83 bits per heavy atom. The number of benzene rings is 2. The van der Waals surface area contributed by atoms with E-state index in [0.717, 1.165) is 41.4 Å². The SMILES string of the molecule is COc1ccccc1N1CCn2c(nc3cc(C(N)=O)ccc32)C1. The summed E-state index contributed by atoms with van der Waals surface area (Å²) in [6, 6.07) is 13.4. The highest BCUT2D eigenvalue weighted by Gasteiger charge is 2.22. The van der Waals surface area contributed by atoms with Crippen LogP contribution in [0.5, 0.6) is 5.75 Å². The minimum atomic E-state index is -0.432. The fourth-order valence-electron chi connectivity index (χ4n) is 3.27. The van der Waals surface area contributed by atoms with E-state index in [9.17, 15) is 4.79 Å². The van der Waals surface area contributed by atoms with Gasteiger partial charge in [0, 0.05) is 18.7 Å². The van der Waals surface area contributed by atoms with Crippen LogP contribution in [0.25, 0.3) is 11.0 Å². The van der Waals surface area contributed by atoms with Gasteiger partial charge in [0.15, 0.2) is 0 Å². The summed E-state index contributed by atoms with van der Waals surface area (Å²) in [5.74, 6) is 1.40. The van der Waals surface area contributed by atoms with E-state index in [2.05, 4.69) is 15.5 Å². The van der Waals surface area contributed by atoms with Crippen molar-refractivity contribution in [2.75, 3.05) is 18.6 Å². The number of rotatable bonds is 3. The first-order valence-corrected chi connectivity index (χ1v) is 7.84. The Morgan fingerprint density at radius 2 is 2.04 bits per heavy atom. The largest absolute Gasteiger partial charge is 0.495 e. The fraction of sp³-hybridized carbons (Fsp3) is 0.222. The second-order valence-electron chi connectivity index (χ2n) is 5.84. The number of carbonyl (C=O) groups is 1. The monoisotopic (exact) mass is 322 g/mol. The third-order valence-electron chi connectivity index (χ3n) is 4.46. The number of fused-ring (bicyclic) bond motifs is 3. The quantitative estimate of drug-likeness (QED) is 0.802. The summed E-state index contributed by atoms with van der Waals surface area (Å²) < 4.78 is 7.67. The van der Waals surface area contributed by atoms with Gasteiger partial charge in [0.05, 0.1) is 30.4 Å². The van der Waals surface area contributed by atoms with Crippen LogP contribution in [0.3, 0.4) is 0 Å². The topological polar surface area (TPSA) is 73.4 Å². The Kier molecular flexibility index (Phi) is 3.37. The van der Waals surface area contributed by atoms with Crippen molar-refractivity contribution in [3.8, 4) is 5.75 Å². The fourth-order valence-corrected chi connectivity index (χ4v) is 3.27. The Morgan fingerprint density at radius 1 is 1.21 bits per heavy atom. The lowest BCUT2D eigenvalue weighted by atomic mass is 10.2. The molecule has 6 heteroatoms. The second-order valence-corrected chi connectivity index (χ2v) is 5.84. The number of methoxy groups -OCH3 is 1. The lowest BCUT2D eigenvalue weighted by Gasteiger charge is -2.30. The summed E-state index contributed by atoms with van der Waals surface area (Å²) in [5.41, 5.74) is 8.76. The number of ether oxygens (including phenoxy) is 1. The van der Waals surface area contributed by atoms with E-state index in [1.54, 1.807) is 19.2 Å². The predicted molar refractivity (Wildman–Crippen MR) is 92.3 cm³/mol. The number of hydrogen-bond donors (Lipinski definition) is 1. The zero-order chi connectivity index (χ0) is 16.7. The highest BCUT2D eigenvalue weighted by Crippen LogP contribution is 2.31. The number of anilines is 1. The van der Waals surface area contributed by atoms with Gasteiger partial charge in [0.2, 0.25) is 5.91 Å². The number of nitrogens with two attached hydrogens (primary N) is 1. The number of primary amides is 1. The normalized spacial score (nSPS) is 13.8. The molecule has 24 heavy (non-hydrogen) atoms. The molecule has 1 aliphatic rings. The van der Waals surface area contributed by atoms with E-state index < -0.39 is 5.91 Å². The maximum Gasteiger partial charge on any atom is 0.248 e. The summed E-state index contributed by atoms with van der Waals surface area (Å²) in [7, 11) is 1.68. The summed E-state index contributed by atoms with van der Waals surface area (Å²) in [6.07, 6.45) is 0. The molecule has 0 unspecified atom stereocenters. The van der Waals surface area contributed by atoms with E-state index in [4.69, 9.17) is 15.5 Å². The maximum absolute atomic E-state index is 11.4. The Hall–Kier alpha value is -3.02. The second kappa shape index (κ2) is 5.56. The van der Waals surface area contributed by atoms with Crippen LogP contribution in [-0.4, -0.2) is 29.1 Å². The van der Waals surface area contributed by atoms with Crippen molar-refractivity contribution in [1.82, 2.24) is 9.55 Å². The van der Waals surface area contributed by atoms with Crippen molar-refractivity contribution < 1.29 is 9.53 Å². The molecule has 2 N–H and O–H groups in total. The van der Waals surface area contributed by atoms with Crippen molar-refractivity contribution in [3.05, 3.63) is 53.9 Å². The number of amides is 1. The molecule has 0 saturated heterocycles. The summed E-state index contributed by atoms with van der Waals surface area (Å²) in [5, 5.41) is 0. The molecule has 2 heterocycles. The zero-order valence-corrected chi connectivity index (χ0v) is 13.4. The molecule has 3 aromatic rings. The molecule has 1 aromatic heterocycles. The molecule has 2 aromatic carbocycles. The molecule has 1 aliphatic heterocycles. The third-order valence-corrected chi connectivity index (χ3v) is 4.46. The standard InChI is InChI=1S/C18H18N4O2/c1-24-16-5-3-2-4-15(16)21-8-9-22-14-7-6-12(18(19)23)10-13(14)20-17(22)11-21/h2-7,10H,8-9,11H2,1H3,(H2,19,23). The molecule has 0 aliphatic carbocycles. The maximum atomic E-state index is 11.4. The Bertz CT molecular complexity index is 932. The Balaban J connectivity index is 1.72. The highest BCUT2D eigenvalue weighted by molar-refractivity contribution is 5.96. The Labute approximate surface area is 139 Å². The van der Waals surface area contributed by atoms with Crippen LogP contribution in [0.1, 0.15) is 16.2 Å². The summed E-state index contributed by atoms with van der Waals surface area (Å²) in [6.45, 7) is 2.40. The van der Waals surface area contributed by atoms with E-state index in [1.807, 2.05) is 24.3 Å². The van der Waals surface area contributed by atoms with Gasteiger partial charge < -0.3 is 19.9 Å². The molecular weight excluding hydrogens is 304 g/mol. The van der Waals surface area contributed by atoms with Gasteiger partial charge in [-0.05, 0) is 30.3 Å². The molecule has 122 valence electrons. The van der Waals surface area contributed by atoms with Crippen LogP contribution in [0.4, 0.5) is 5.69 Å². The van der Waals surface area contributed by atoms with Gasteiger partial charge in [-0.3, -0.25) is 4.79 Å². The molecule has 0 atom stereocenters. The lowest BCUT2D eigenvalue weighted by Crippen LogP contribution is -2.33. The number of hydrogen-bond acceptors (Lipinski definition) is 4. The molecular formula is C18H18N4O2. The molecule has 0 spiro atoms. The van der Waals surface area contributed by atoms with E-state index in [-0.39, 0.29) is 0 Å². The number of carbonyl (C=O) groups excluding carboxylic acids is 1. The number of para-hydroxylation sites is 2. The minimum absolute atomic E-state index is 0.432. The minimum Gasteiger partial charge on any atom is -0.495 e. The molecule has 4 rings (SSSR count). The number of imidazole rings is 1. The molecule has 0 fully saturated rings. The number of aromatic nitrogens is 2. The van der Waals surface area contributed by atoms with Crippen LogP contribution in [0.2, 0.25) is 0 Å². The first-order valence-electron chi connectivity index (χ1n) is 7.84. The van der Waals surface area contributed by atoms with Crippen molar-refractivity contribution in [3.63, 3.8) is 0 Å². The highest BCUT2D eigenvalue weighted by atomic mass is 16.5. The van der Waals surface area contributed by atoms with Crippen LogP contribution < -0.4 is 15.4 Å². The van der Waals surface area contributed by atoms with Gasteiger partial charge in [0.1, 0.15) is 11.6 Å². The van der Waals surface area contributed by atoms with Gasteiger partial charge in [-0.1, -0.05) is 12.1 Å². The van der Waals surface area contributed by atoms with Crippen LogP contribution >= 0.6 is 0 Å². The first kappa shape index (κ1) is 14.6. The average Bonchev–Trinajstić information content (AvgIpc) is 2.98.